The van der Waals surface area contributed by atoms with Crippen molar-refractivity contribution in [3.8, 4) is 0 Å². The van der Waals surface area contributed by atoms with Crippen LogP contribution >= 0.6 is 0 Å². The minimum atomic E-state index is 1.55. The maximum atomic E-state index is 3.39. The second kappa shape index (κ2) is 1.98. The van der Waals surface area contributed by atoms with Gasteiger partial charge in [0.1, 0.15) is 0 Å². The molecule has 0 amide bonds. The van der Waals surface area contributed by atoms with E-state index in [1.807, 2.05) is 0 Å². The molecule has 1 aliphatic rings. The Morgan fingerprint density at radius 3 is 2.29 bits per heavy atom. The molecule has 1 N–H and O–H groups in total. The van der Waals surface area contributed by atoms with E-state index in [1.165, 1.54) is 0 Å². The van der Waals surface area contributed by atoms with Crippen molar-refractivity contribution in [1.82, 2.24) is 5.32 Å². The van der Waals surface area contributed by atoms with Crippen LogP contribution in [0.3, 0.4) is 0 Å². The highest BCUT2D eigenvalue weighted by molar-refractivity contribution is 5.58. The monoisotopic (exact) mass is 93.0 g/mol. The Labute approximate surface area is 40.8 Å². The van der Waals surface area contributed by atoms with Crippen molar-refractivity contribution < 1.29 is 0 Å². The summed E-state index contributed by atoms with van der Waals surface area (Å²) in [7, 11) is 0. The van der Waals surface area contributed by atoms with E-state index < -0.39 is 0 Å². The molecular formula is C4H3N3. The highest BCUT2D eigenvalue weighted by Crippen LogP contribution is 1.64. The maximum absolute atomic E-state index is 3.39. The van der Waals surface area contributed by atoms with Gasteiger partial charge in [-0.2, -0.15) is 0 Å². The summed E-state index contributed by atoms with van der Waals surface area (Å²) in [6.45, 7) is 0. The highest BCUT2D eigenvalue weighted by Gasteiger charge is 1.63. The van der Waals surface area contributed by atoms with Crippen LogP contribution < -0.4 is 5.32 Å². The first-order chi connectivity index (χ1) is 3.50. The van der Waals surface area contributed by atoms with Crippen LogP contribution in [0.25, 0.3) is 0 Å². The summed E-state index contributed by atoms with van der Waals surface area (Å²) in [6, 6.07) is 0. The summed E-state index contributed by atoms with van der Waals surface area (Å²) in [5, 5.41) is 9.46. The van der Waals surface area contributed by atoms with Gasteiger partial charge in [0.05, 0.1) is 12.4 Å². The lowest BCUT2D eigenvalue weighted by Crippen LogP contribution is -1.89. The van der Waals surface area contributed by atoms with E-state index >= 15 is 0 Å². The van der Waals surface area contributed by atoms with Crippen molar-refractivity contribution >= 4 is 11.7 Å². The fourth-order valence-electron chi connectivity index (χ4n) is 0.232. The zero-order valence-corrected chi connectivity index (χ0v) is 3.55. The van der Waals surface area contributed by atoms with Crippen LogP contribution in [0, 0.1) is 0 Å². The van der Waals surface area contributed by atoms with Crippen LogP contribution in [0.1, 0.15) is 0 Å². The maximum Gasteiger partial charge on any atom is 0.0660 e. The summed E-state index contributed by atoms with van der Waals surface area (Å²) >= 11 is 0. The van der Waals surface area contributed by atoms with Gasteiger partial charge in [-0.05, 0) is 0 Å². The van der Waals surface area contributed by atoms with E-state index in [1.54, 1.807) is 12.4 Å². The Bertz CT molecular complexity index is 147. The third kappa shape index (κ3) is 1.05. The minimum Gasteiger partial charge on any atom is -0.352 e. The van der Waals surface area contributed by atoms with E-state index in [4.69, 9.17) is 0 Å². The average Bonchev–Trinajstić information content (AvgIpc) is 1.90. The Hall–Kier alpha value is -1.30. The van der Waals surface area contributed by atoms with Gasteiger partial charge in [-0.1, -0.05) is 10.2 Å². The molecule has 7 heavy (non-hydrogen) atoms. The molecule has 0 atom stereocenters. The lowest BCUT2D eigenvalue weighted by Gasteiger charge is -1.72. The third-order valence-electron chi connectivity index (χ3n) is 0.461. The number of hydrogen-bond acceptors (Lipinski definition) is 3. The second-order valence-electron chi connectivity index (χ2n) is 0.914. The van der Waals surface area contributed by atoms with Crippen LogP contribution in [0.2, 0.25) is 0 Å². The van der Waals surface area contributed by atoms with Crippen LogP contribution in [0.15, 0.2) is 22.6 Å². The molecule has 0 fully saturated rings. The van der Waals surface area contributed by atoms with Gasteiger partial charge in [0, 0.05) is 11.7 Å². The summed E-state index contributed by atoms with van der Waals surface area (Å²) in [5.74, 6) is 4.95. The minimum absolute atomic E-state index is 1.55. The molecule has 34 valence electrons. The van der Waals surface area contributed by atoms with Crippen LogP contribution in [0.5, 0.6) is 0 Å². The number of rotatable bonds is 0. The van der Waals surface area contributed by atoms with Gasteiger partial charge in [-0.25, -0.2) is 0 Å². The zero-order chi connectivity index (χ0) is 4.95. The predicted molar refractivity (Wildman–Crippen MR) is 27.1 cm³/mol. The second-order valence-corrected chi connectivity index (χ2v) is 0.914. The van der Waals surface area contributed by atoms with Gasteiger partial charge in [0.15, 0.2) is 0 Å². The Morgan fingerprint density at radius 2 is 1.71 bits per heavy atom. The van der Waals surface area contributed by atoms with E-state index in [0.29, 0.717) is 0 Å². The van der Waals surface area contributed by atoms with E-state index in [9.17, 15) is 0 Å². The summed E-state index contributed by atoms with van der Waals surface area (Å²) < 4.78 is 0. The first-order valence-corrected chi connectivity index (χ1v) is 1.80. The van der Waals surface area contributed by atoms with Crippen molar-refractivity contribution in [2.24, 2.45) is 10.2 Å². The van der Waals surface area contributed by atoms with Crippen LogP contribution in [-0.2, 0) is 0 Å². The highest BCUT2D eigenvalue weighted by atomic mass is 15.2. The first-order valence-electron chi connectivity index (χ1n) is 1.80. The molecule has 3 heteroatoms. The topological polar surface area (TPSA) is 36.8 Å². The van der Waals surface area contributed by atoms with Crippen molar-refractivity contribution in [1.29, 1.82) is 0 Å². The van der Waals surface area contributed by atoms with E-state index in [-0.39, 0.29) is 0 Å². The summed E-state index contributed by atoms with van der Waals surface area (Å²) in [4.78, 5) is 0. The molecule has 0 saturated heterocycles. The lowest BCUT2D eigenvalue weighted by molar-refractivity contribution is 1.24. The van der Waals surface area contributed by atoms with Gasteiger partial charge in [-0.15, -0.1) is 0 Å². The predicted octanol–water partition coefficient (Wildman–Crippen LogP) is -0.129. The van der Waals surface area contributed by atoms with Crippen molar-refractivity contribution in [2.75, 3.05) is 0 Å². The smallest absolute Gasteiger partial charge is 0.0660 e. The van der Waals surface area contributed by atoms with Crippen LogP contribution in [-0.4, -0.2) is 11.7 Å². The molecule has 1 rings (SSSR count). The van der Waals surface area contributed by atoms with Crippen molar-refractivity contribution in [3.05, 3.63) is 12.4 Å². The van der Waals surface area contributed by atoms with E-state index in [0.717, 1.165) is 0 Å². The molecule has 0 radical (unpaired) electrons. The van der Waals surface area contributed by atoms with Gasteiger partial charge < -0.3 is 5.32 Å². The molecular weight excluding hydrogens is 90.1 g/mol. The molecule has 0 aliphatic carbocycles. The summed E-state index contributed by atoms with van der Waals surface area (Å²) in [5.41, 5.74) is 0. The first kappa shape index (κ1) is 3.88. The van der Waals surface area contributed by atoms with Gasteiger partial charge >= 0.3 is 0 Å². The fourth-order valence-corrected chi connectivity index (χ4v) is 0.232. The molecule has 1 heterocycles. The molecule has 0 unspecified atom stereocenters. The molecule has 0 spiro atoms. The van der Waals surface area contributed by atoms with Crippen LogP contribution in [0.4, 0.5) is 0 Å². The molecule has 0 saturated carbocycles. The standard InChI is InChI=1S/C4H3N3/c1-3-6-7-4-2-5-1/h1-2,5H. The Morgan fingerprint density at radius 1 is 1.14 bits per heavy atom. The average molecular weight is 93.1 g/mol. The van der Waals surface area contributed by atoms with Gasteiger partial charge in [-0.3, -0.25) is 0 Å². The van der Waals surface area contributed by atoms with E-state index in [2.05, 4.69) is 27.3 Å². The lowest BCUT2D eigenvalue weighted by atomic mass is 10.9. The molecule has 0 aromatic rings. The number of hydrogen-bond donors (Lipinski definition) is 1. The Balaban J connectivity index is 2.86. The molecule has 0 aromatic carbocycles. The molecule has 0 aromatic heterocycles. The van der Waals surface area contributed by atoms with Gasteiger partial charge in [0.2, 0.25) is 0 Å². The quantitative estimate of drug-likeness (QED) is 0.445. The van der Waals surface area contributed by atoms with Gasteiger partial charge in [0.25, 0.3) is 0 Å². The summed E-state index contributed by atoms with van der Waals surface area (Å²) in [6.07, 6.45) is 3.09. The van der Waals surface area contributed by atoms with Crippen molar-refractivity contribution in [2.45, 2.75) is 0 Å². The molecule has 0 bridgehead atoms. The number of nitrogens with one attached hydrogen (secondary N) is 1. The normalized spacial score (nSPS) is 13.7. The number of nitrogens with zero attached hydrogens (tertiary/aromatic N) is 2. The van der Waals surface area contributed by atoms with Crippen molar-refractivity contribution in [3.63, 3.8) is 0 Å². The molecule has 3 nitrogen and oxygen atoms in total. The largest absolute Gasteiger partial charge is 0.352 e. The zero-order valence-electron chi connectivity index (χ0n) is 3.55. The Kier molecular flexibility index (Phi) is 1.10. The third-order valence-corrected chi connectivity index (χ3v) is 0.461. The fraction of sp³-hybridized carbons (Fsp3) is 0. The SMILES string of the molecule is C1=CNC=C=NN=1. The molecule has 1 aliphatic heterocycles.